The van der Waals surface area contributed by atoms with Crippen molar-refractivity contribution in [3.8, 4) is 0 Å². The average molecular weight is 398 g/mol. The van der Waals surface area contributed by atoms with Crippen LogP contribution in [0.2, 0.25) is 0 Å². The largest absolute Gasteiger partial charge is 0.396 e. The Hall–Kier alpha value is -1.64. The Morgan fingerprint density at radius 1 is 1.37 bits per heavy atom. The van der Waals surface area contributed by atoms with Crippen LogP contribution in [-0.4, -0.2) is 64.7 Å². The second-order valence-corrected chi connectivity index (χ2v) is 9.08. The van der Waals surface area contributed by atoms with Gasteiger partial charge in [-0.1, -0.05) is 25.1 Å². The third-order valence-corrected chi connectivity index (χ3v) is 6.87. The molecule has 3 N–H and O–H groups in total. The number of aliphatic hydroxyl groups is 1. The van der Waals surface area contributed by atoms with Gasteiger partial charge in [0, 0.05) is 38.3 Å². The van der Waals surface area contributed by atoms with Crippen LogP contribution in [0.25, 0.3) is 0 Å². The van der Waals surface area contributed by atoms with Crippen molar-refractivity contribution in [2.24, 2.45) is 10.4 Å². The first-order valence-electron chi connectivity index (χ1n) is 9.38. The average Bonchev–Trinajstić information content (AvgIpc) is 3.14. The van der Waals surface area contributed by atoms with Gasteiger partial charge in [-0.05, 0) is 31.4 Å². The predicted molar refractivity (Wildman–Crippen MR) is 107 cm³/mol. The molecule has 7 nitrogen and oxygen atoms in total. The lowest BCUT2D eigenvalue weighted by atomic mass is 9.84. The first-order valence-corrected chi connectivity index (χ1v) is 11.0. The molecule has 2 atom stereocenters. The lowest BCUT2D eigenvalue weighted by Gasteiger charge is -2.28. The van der Waals surface area contributed by atoms with Gasteiger partial charge in [-0.2, -0.15) is 0 Å². The van der Waals surface area contributed by atoms with Gasteiger partial charge in [0.15, 0.2) is 15.8 Å². The van der Waals surface area contributed by atoms with Crippen molar-refractivity contribution in [3.05, 3.63) is 30.3 Å². The molecule has 152 valence electrons. The van der Waals surface area contributed by atoms with E-state index in [1.807, 2.05) is 6.92 Å². The van der Waals surface area contributed by atoms with Crippen LogP contribution in [0.4, 0.5) is 0 Å². The topological polar surface area (TPSA) is 100 Å². The third-order valence-electron chi connectivity index (χ3n) is 5.04. The summed E-state index contributed by atoms with van der Waals surface area (Å²) in [5.41, 5.74) is -0.107. The van der Waals surface area contributed by atoms with Crippen LogP contribution < -0.4 is 10.6 Å². The van der Waals surface area contributed by atoms with Crippen molar-refractivity contribution in [3.63, 3.8) is 0 Å². The summed E-state index contributed by atoms with van der Waals surface area (Å²) in [4.78, 5) is 4.56. The van der Waals surface area contributed by atoms with Crippen LogP contribution in [0, 0.1) is 5.41 Å². The number of guanidine groups is 1. The van der Waals surface area contributed by atoms with E-state index in [1.165, 1.54) is 0 Å². The minimum Gasteiger partial charge on any atom is -0.396 e. The van der Waals surface area contributed by atoms with Gasteiger partial charge in [0.1, 0.15) is 0 Å². The van der Waals surface area contributed by atoms with Crippen LogP contribution in [0.15, 0.2) is 40.2 Å². The first-order chi connectivity index (χ1) is 12.9. The maximum absolute atomic E-state index is 12.6. The Kier molecular flexibility index (Phi) is 8.07. The number of nitrogens with one attached hydrogen (secondary N) is 2. The first kappa shape index (κ1) is 21.7. The molecule has 0 amide bonds. The maximum atomic E-state index is 12.6. The highest BCUT2D eigenvalue weighted by Gasteiger charge is 2.34. The minimum atomic E-state index is -3.38. The molecule has 0 aliphatic carbocycles. The SMILES string of the molecule is CCC(CS(=O)(=O)c1ccccc1)NC(=NC)NCC1(CCO)CCOC1. The van der Waals surface area contributed by atoms with E-state index in [1.54, 1.807) is 37.4 Å². The van der Waals surface area contributed by atoms with Gasteiger partial charge in [0.05, 0.1) is 17.3 Å². The summed E-state index contributed by atoms with van der Waals surface area (Å²) in [5, 5.41) is 15.8. The molecule has 0 saturated carbocycles. The van der Waals surface area contributed by atoms with Gasteiger partial charge in [-0.3, -0.25) is 4.99 Å². The van der Waals surface area contributed by atoms with Crippen molar-refractivity contribution >= 4 is 15.8 Å². The second kappa shape index (κ2) is 10.1. The molecule has 1 aliphatic heterocycles. The molecule has 0 spiro atoms. The predicted octanol–water partition coefficient (Wildman–Crippen LogP) is 1.19. The monoisotopic (exact) mass is 397 g/mol. The zero-order chi connectivity index (χ0) is 19.8. The number of hydrogen-bond acceptors (Lipinski definition) is 5. The number of sulfone groups is 1. The fourth-order valence-electron chi connectivity index (χ4n) is 3.22. The molecule has 8 heteroatoms. The number of hydrogen-bond donors (Lipinski definition) is 3. The van der Waals surface area contributed by atoms with Crippen molar-refractivity contribution in [1.29, 1.82) is 0 Å². The van der Waals surface area contributed by atoms with E-state index in [9.17, 15) is 13.5 Å². The van der Waals surface area contributed by atoms with Gasteiger partial charge in [0.25, 0.3) is 0 Å². The molecule has 1 heterocycles. The molecule has 2 unspecified atom stereocenters. The van der Waals surface area contributed by atoms with Crippen LogP contribution in [0.5, 0.6) is 0 Å². The van der Waals surface area contributed by atoms with Gasteiger partial charge < -0.3 is 20.5 Å². The second-order valence-electron chi connectivity index (χ2n) is 7.05. The molecule has 0 aromatic heterocycles. The van der Waals surface area contributed by atoms with Crippen LogP contribution in [0.1, 0.15) is 26.2 Å². The molecule has 1 saturated heterocycles. The number of aliphatic hydroxyl groups excluding tert-OH is 1. The molecular formula is C19H31N3O4S. The highest BCUT2D eigenvalue weighted by Crippen LogP contribution is 2.31. The summed E-state index contributed by atoms with van der Waals surface area (Å²) in [6.45, 7) is 3.99. The fourth-order valence-corrected chi connectivity index (χ4v) is 4.83. The summed E-state index contributed by atoms with van der Waals surface area (Å²) in [6.07, 6.45) is 2.20. The van der Waals surface area contributed by atoms with Crippen LogP contribution >= 0.6 is 0 Å². The number of ether oxygens (including phenoxy) is 1. The minimum absolute atomic E-state index is 0.000886. The van der Waals surface area contributed by atoms with Gasteiger partial charge in [-0.25, -0.2) is 8.42 Å². The zero-order valence-electron chi connectivity index (χ0n) is 16.1. The molecule has 27 heavy (non-hydrogen) atoms. The molecule has 1 aromatic rings. The van der Waals surface area contributed by atoms with E-state index in [0.717, 1.165) is 6.42 Å². The molecule has 2 rings (SSSR count). The van der Waals surface area contributed by atoms with Crippen molar-refractivity contribution in [2.45, 2.75) is 37.1 Å². The zero-order valence-corrected chi connectivity index (χ0v) is 17.0. The summed E-state index contributed by atoms with van der Waals surface area (Å²) >= 11 is 0. The highest BCUT2D eigenvalue weighted by atomic mass is 32.2. The van der Waals surface area contributed by atoms with Crippen molar-refractivity contribution in [2.75, 3.05) is 39.2 Å². The van der Waals surface area contributed by atoms with E-state index in [4.69, 9.17) is 4.74 Å². The maximum Gasteiger partial charge on any atom is 0.191 e. The summed E-state index contributed by atoms with van der Waals surface area (Å²) in [6, 6.07) is 8.24. The summed E-state index contributed by atoms with van der Waals surface area (Å²) < 4.78 is 30.8. The van der Waals surface area contributed by atoms with Crippen molar-refractivity contribution in [1.82, 2.24) is 10.6 Å². The van der Waals surface area contributed by atoms with Crippen LogP contribution in [0.3, 0.4) is 0 Å². The fraction of sp³-hybridized carbons (Fsp3) is 0.632. The Labute approximate surface area is 162 Å². The number of nitrogens with zero attached hydrogens (tertiary/aromatic N) is 1. The normalized spacial score (nSPS) is 21.8. The van der Waals surface area contributed by atoms with E-state index < -0.39 is 9.84 Å². The Bertz CT molecular complexity index is 701. The van der Waals surface area contributed by atoms with Gasteiger partial charge in [0.2, 0.25) is 0 Å². The van der Waals surface area contributed by atoms with Gasteiger partial charge >= 0.3 is 0 Å². The van der Waals surface area contributed by atoms with Gasteiger partial charge in [-0.15, -0.1) is 0 Å². The quantitative estimate of drug-likeness (QED) is 0.428. The summed E-state index contributed by atoms with van der Waals surface area (Å²) in [7, 11) is -1.71. The van der Waals surface area contributed by atoms with E-state index in [0.29, 0.717) is 43.5 Å². The molecule has 0 bridgehead atoms. The molecule has 1 aliphatic rings. The molecular weight excluding hydrogens is 366 g/mol. The number of benzene rings is 1. The van der Waals surface area contributed by atoms with E-state index >= 15 is 0 Å². The molecule has 1 aromatic carbocycles. The molecule has 0 radical (unpaired) electrons. The number of rotatable bonds is 9. The highest BCUT2D eigenvalue weighted by molar-refractivity contribution is 7.91. The van der Waals surface area contributed by atoms with E-state index in [-0.39, 0.29) is 23.8 Å². The third kappa shape index (κ3) is 6.19. The standard InChI is InChI=1S/C19H31N3O4S/c1-3-16(13-27(24,25)17-7-5-4-6-8-17)22-18(20-2)21-14-19(9-11-23)10-12-26-15-19/h4-8,16,23H,3,9-15H2,1-2H3,(H2,20,21,22). The Balaban J connectivity index is 1.97. The lowest BCUT2D eigenvalue weighted by molar-refractivity contribution is 0.127. The summed E-state index contributed by atoms with van der Waals surface area (Å²) in [5.74, 6) is 0.563. The van der Waals surface area contributed by atoms with Crippen molar-refractivity contribution < 1.29 is 18.3 Å². The number of aliphatic imine (C=N–C) groups is 1. The Morgan fingerprint density at radius 3 is 2.67 bits per heavy atom. The molecule has 1 fully saturated rings. The van der Waals surface area contributed by atoms with Crippen LogP contribution in [-0.2, 0) is 14.6 Å². The smallest absolute Gasteiger partial charge is 0.191 e. The lowest BCUT2D eigenvalue weighted by Crippen LogP contribution is -2.49. The Morgan fingerprint density at radius 2 is 2.11 bits per heavy atom. The van der Waals surface area contributed by atoms with E-state index in [2.05, 4.69) is 15.6 Å².